The average molecular weight is 344 g/mol. The van der Waals surface area contributed by atoms with Gasteiger partial charge in [0.15, 0.2) is 0 Å². The van der Waals surface area contributed by atoms with Crippen LogP contribution in [0.15, 0.2) is 24.3 Å². The van der Waals surface area contributed by atoms with Crippen molar-refractivity contribution in [3.63, 3.8) is 0 Å². The van der Waals surface area contributed by atoms with E-state index in [0.717, 1.165) is 6.26 Å². The minimum absolute atomic E-state index is 0.129. The van der Waals surface area contributed by atoms with Gasteiger partial charge in [0, 0.05) is 26.6 Å². The number of anilines is 1. The lowest BCUT2D eigenvalue weighted by atomic mass is 10.2. The molecule has 0 bridgehead atoms. The first kappa shape index (κ1) is 19.2. The van der Waals surface area contributed by atoms with Gasteiger partial charge in [0.25, 0.3) is 0 Å². The van der Waals surface area contributed by atoms with Crippen molar-refractivity contribution in [1.29, 1.82) is 0 Å². The van der Waals surface area contributed by atoms with E-state index in [4.69, 9.17) is 9.47 Å². The Labute approximate surface area is 137 Å². The zero-order chi connectivity index (χ0) is 17.3. The highest BCUT2D eigenvalue weighted by Gasteiger charge is 2.20. The Hall–Kier alpha value is -1.80. The zero-order valence-corrected chi connectivity index (χ0v) is 14.6. The summed E-state index contributed by atoms with van der Waals surface area (Å²) < 4.78 is 35.4. The van der Waals surface area contributed by atoms with Gasteiger partial charge in [-0.3, -0.25) is 9.10 Å². The SMILES string of the molecule is COCCNC(=O)CCCN(c1ccccc1OC)S(C)(=O)=O. The number of carbonyl (C=O) groups is 1. The lowest BCUT2D eigenvalue weighted by Gasteiger charge is -2.24. The summed E-state index contributed by atoms with van der Waals surface area (Å²) in [6.45, 7) is 1.09. The fourth-order valence-electron chi connectivity index (χ4n) is 2.06. The maximum Gasteiger partial charge on any atom is 0.232 e. The molecule has 7 nitrogen and oxygen atoms in total. The predicted octanol–water partition coefficient (Wildman–Crippen LogP) is 1.00. The van der Waals surface area contributed by atoms with Crippen LogP contribution in [0, 0.1) is 0 Å². The number of hydrogen-bond acceptors (Lipinski definition) is 5. The van der Waals surface area contributed by atoms with Gasteiger partial charge in [-0.25, -0.2) is 8.42 Å². The van der Waals surface area contributed by atoms with Crippen LogP contribution in [0.25, 0.3) is 0 Å². The molecule has 1 aromatic rings. The van der Waals surface area contributed by atoms with Gasteiger partial charge in [0.1, 0.15) is 5.75 Å². The van der Waals surface area contributed by atoms with Crippen molar-refractivity contribution >= 4 is 21.6 Å². The van der Waals surface area contributed by atoms with Gasteiger partial charge in [0.05, 0.1) is 25.7 Å². The molecule has 0 atom stereocenters. The molecule has 23 heavy (non-hydrogen) atoms. The summed E-state index contributed by atoms with van der Waals surface area (Å²) in [6, 6.07) is 6.89. The van der Waals surface area contributed by atoms with Gasteiger partial charge in [-0.2, -0.15) is 0 Å². The summed E-state index contributed by atoms with van der Waals surface area (Å²) in [7, 11) is -0.420. The maximum absolute atomic E-state index is 12.0. The molecule has 8 heteroatoms. The Kier molecular flexibility index (Phi) is 7.84. The molecule has 0 aliphatic rings. The molecule has 1 amide bonds. The van der Waals surface area contributed by atoms with Crippen molar-refractivity contribution in [2.24, 2.45) is 0 Å². The molecule has 1 aromatic carbocycles. The minimum atomic E-state index is -3.47. The molecule has 1 rings (SSSR count). The van der Waals surface area contributed by atoms with E-state index in [1.165, 1.54) is 11.4 Å². The van der Waals surface area contributed by atoms with Crippen LogP contribution in [0.3, 0.4) is 0 Å². The van der Waals surface area contributed by atoms with E-state index in [-0.39, 0.29) is 18.9 Å². The van der Waals surface area contributed by atoms with Crippen LogP contribution in [0.5, 0.6) is 5.75 Å². The number of sulfonamides is 1. The smallest absolute Gasteiger partial charge is 0.232 e. The van der Waals surface area contributed by atoms with E-state index in [1.807, 2.05) is 0 Å². The number of methoxy groups -OCH3 is 2. The summed E-state index contributed by atoms with van der Waals surface area (Å²) in [5.41, 5.74) is 0.470. The quantitative estimate of drug-likeness (QED) is 0.640. The molecule has 0 aliphatic carbocycles. The fourth-order valence-corrected chi connectivity index (χ4v) is 3.03. The molecule has 0 heterocycles. The fraction of sp³-hybridized carbons (Fsp3) is 0.533. The second-order valence-electron chi connectivity index (χ2n) is 4.95. The van der Waals surface area contributed by atoms with Crippen LogP contribution in [-0.2, 0) is 19.6 Å². The van der Waals surface area contributed by atoms with Gasteiger partial charge < -0.3 is 14.8 Å². The van der Waals surface area contributed by atoms with E-state index in [1.54, 1.807) is 31.4 Å². The topological polar surface area (TPSA) is 84.9 Å². The second-order valence-corrected chi connectivity index (χ2v) is 6.86. The average Bonchev–Trinajstić information content (AvgIpc) is 2.50. The van der Waals surface area contributed by atoms with E-state index < -0.39 is 10.0 Å². The number of benzene rings is 1. The number of nitrogens with zero attached hydrogens (tertiary/aromatic N) is 1. The number of carbonyl (C=O) groups excluding carboxylic acids is 1. The molecule has 0 aliphatic heterocycles. The van der Waals surface area contributed by atoms with Gasteiger partial charge in [0.2, 0.25) is 15.9 Å². The first-order valence-electron chi connectivity index (χ1n) is 7.26. The third-order valence-corrected chi connectivity index (χ3v) is 4.33. The maximum atomic E-state index is 12.0. The molecule has 130 valence electrons. The highest BCUT2D eigenvalue weighted by atomic mass is 32.2. The van der Waals surface area contributed by atoms with Crippen molar-refractivity contribution in [2.75, 3.05) is 44.5 Å². The third-order valence-electron chi connectivity index (χ3n) is 3.15. The number of rotatable bonds is 10. The normalized spacial score (nSPS) is 11.1. The van der Waals surface area contributed by atoms with E-state index in [2.05, 4.69) is 5.32 Å². The largest absolute Gasteiger partial charge is 0.495 e. The summed E-state index contributed by atoms with van der Waals surface area (Å²) in [6.07, 6.45) is 1.78. The molecule has 0 radical (unpaired) electrons. The number of nitrogens with one attached hydrogen (secondary N) is 1. The molecule has 0 spiro atoms. The molecule has 0 unspecified atom stereocenters. The Morgan fingerprint density at radius 3 is 2.57 bits per heavy atom. The lowest BCUT2D eigenvalue weighted by Crippen LogP contribution is -2.33. The van der Waals surface area contributed by atoms with Gasteiger partial charge in [-0.1, -0.05) is 12.1 Å². The third kappa shape index (κ3) is 6.45. The van der Waals surface area contributed by atoms with Crippen molar-refractivity contribution in [1.82, 2.24) is 5.32 Å². The molecular weight excluding hydrogens is 320 g/mol. The lowest BCUT2D eigenvalue weighted by molar-refractivity contribution is -0.121. The Morgan fingerprint density at radius 1 is 1.26 bits per heavy atom. The van der Waals surface area contributed by atoms with Crippen LogP contribution < -0.4 is 14.4 Å². The van der Waals surface area contributed by atoms with Crippen LogP contribution >= 0.6 is 0 Å². The van der Waals surface area contributed by atoms with Crippen molar-refractivity contribution in [3.8, 4) is 5.75 Å². The van der Waals surface area contributed by atoms with Crippen molar-refractivity contribution in [3.05, 3.63) is 24.3 Å². The number of ether oxygens (including phenoxy) is 2. The molecule has 0 fully saturated rings. The highest BCUT2D eigenvalue weighted by molar-refractivity contribution is 7.92. The molecule has 0 saturated carbocycles. The second kappa shape index (κ2) is 9.36. The zero-order valence-electron chi connectivity index (χ0n) is 13.7. The van der Waals surface area contributed by atoms with Gasteiger partial charge in [-0.05, 0) is 18.6 Å². The molecule has 1 N–H and O–H groups in total. The Bertz CT molecular complexity index is 604. The Morgan fingerprint density at radius 2 is 1.96 bits per heavy atom. The molecule has 0 aromatic heterocycles. The predicted molar refractivity (Wildman–Crippen MR) is 89.3 cm³/mol. The van der Waals surface area contributed by atoms with Crippen LogP contribution in [-0.4, -0.2) is 54.5 Å². The molecule has 0 saturated heterocycles. The van der Waals surface area contributed by atoms with Gasteiger partial charge in [-0.15, -0.1) is 0 Å². The number of hydrogen-bond donors (Lipinski definition) is 1. The number of para-hydroxylation sites is 2. The van der Waals surface area contributed by atoms with Gasteiger partial charge >= 0.3 is 0 Å². The summed E-state index contributed by atoms with van der Waals surface area (Å²) >= 11 is 0. The van der Waals surface area contributed by atoms with Crippen molar-refractivity contribution < 1.29 is 22.7 Å². The first-order chi connectivity index (χ1) is 10.9. The Balaban J connectivity index is 2.69. The summed E-state index contributed by atoms with van der Waals surface area (Å²) in [5, 5.41) is 2.70. The van der Waals surface area contributed by atoms with Crippen molar-refractivity contribution in [2.45, 2.75) is 12.8 Å². The standard InChI is InChI=1S/C15H24N2O5S/c1-21-12-10-16-15(18)9-6-11-17(23(3,19)20)13-7-4-5-8-14(13)22-2/h4-5,7-8H,6,9-12H2,1-3H3,(H,16,18). The van der Waals surface area contributed by atoms with Crippen LogP contribution in [0.1, 0.15) is 12.8 Å². The molecular formula is C15H24N2O5S. The number of amides is 1. The van der Waals surface area contributed by atoms with E-state index >= 15 is 0 Å². The van der Waals surface area contributed by atoms with Crippen LogP contribution in [0.4, 0.5) is 5.69 Å². The van der Waals surface area contributed by atoms with E-state index in [0.29, 0.717) is 31.0 Å². The first-order valence-corrected chi connectivity index (χ1v) is 9.11. The monoisotopic (exact) mass is 344 g/mol. The van der Waals surface area contributed by atoms with E-state index in [9.17, 15) is 13.2 Å². The summed E-state index contributed by atoms with van der Waals surface area (Å²) in [5.74, 6) is 0.345. The summed E-state index contributed by atoms with van der Waals surface area (Å²) in [4.78, 5) is 11.6. The minimum Gasteiger partial charge on any atom is -0.495 e. The van der Waals surface area contributed by atoms with Crippen LogP contribution in [0.2, 0.25) is 0 Å². The highest BCUT2D eigenvalue weighted by Crippen LogP contribution is 2.29.